The first-order valence-corrected chi connectivity index (χ1v) is 11.2. The van der Waals surface area contributed by atoms with Crippen LogP contribution in [0.2, 0.25) is 0 Å². The molecule has 0 saturated carbocycles. The molecule has 5 N–H and O–H groups in total. The van der Waals surface area contributed by atoms with E-state index < -0.39 is 0 Å². The van der Waals surface area contributed by atoms with Crippen LogP contribution in [-0.4, -0.2) is 16.0 Å². The van der Waals surface area contributed by atoms with Gasteiger partial charge in [-0.05, 0) is 60.0 Å². The second-order valence-corrected chi connectivity index (χ2v) is 8.40. The molecule has 4 aromatic rings. The van der Waals surface area contributed by atoms with Gasteiger partial charge in [0.25, 0.3) is 5.91 Å². The molecule has 1 aliphatic heterocycles. The van der Waals surface area contributed by atoms with Gasteiger partial charge in [0.15, 0.2) is 0 Å². The lowest BCUT2D eigenvalue weighted by molar-refractivity contribution is 0.102. The number of aryl methyl sites for hydroxylation is 1. The van der Waals surface area contributed by atoms with Crippen molar-refractivity contribution >= 4 is 34.5 Å². The van der Waals surface area contributed by atoms with E-state index in [2.05, 4.69) is 26.3 Å². The molecule has 0 fully saturated rings. The summed E-state index contributed by atoms with van der Waals surface area (Å²) in [7, 11) is 0. The van der Waals surface area contributed by atoms with Gasteiger partial charge in [0.1, 0.15) is 22.9 Å². The minimum absolute atomic E-state index is 0.131. The second-order valence-electron chi connectivity index (χ2n) is 8.40. The lowest BCUT2D eigenvalue weighted by Crippen LogP contribution is -2.15. The number of fused-ring (bicyclic) bond motifs is 2. The van der Waals surface area contributed by atoms with Crippen molar-refractivity contribution in [2.24, 2.45) is 0 Å². The van der Waals surface area contributed by atoms with Gasteiger partial charge in [0, 0.05) is 31.0 Å². The molecule has 0 bridgehead atoms. The monoisotopic (exact) mass is 469 g/mol. The Bertz CT molecular complexity index is 1420. The first-order valence-electron chi connectivity index (χ1n) is 11.2. The number of pyridine rings is 1. The van der Waals surface area contributed by atoms with E-state index in [1.807, 2.05) is 31.2 Å². The van der Waals surface area contributed by atoms with Crippen LogP contribution >= 0.6 is 0 Å². The Kier molecular flexibility index (Phi) is 6.03. The van der Waals surface area contributed by atoms with Gasteiger partial charge in [0.2, 0.25) is 0 Å². The summed E-state index contributed by atoms with van der Waals surface area (Å²) in [5.41, 5.74) is 5.75. The normalized spacial score (nSPS) is 12.1. The molecule has 0 aliphatic carbocycles. The maximum absolute atomic E-state index is 13.4. The molecule has 5 rings (SSSR count). The quantitative estimate of drug-likeness (QED) is 0.253. The van der Waals surface area contributed by atoms with Crippen LogP contribution in [0.5, 0.6) is 5.75 Å². The van der Waals surface area contributed by atoms with Crippen molar-refractivity contribution in [3.8, 4) is 5.75 Å². The summed E-state index contributed by atoms with van der Waals surface area (Å²) in [5.74, 6) is 0.00158. The van der Waals surface area contributed by atoms with Crippen molar-refractivity contribution in [1.29, 1.82) is 0 Å². The largest absolute Gasteiger partial charge is 0.508 e. The number of nitrogens with one attached hydrogen (secondary N) is 4. The topological polar surface area (TPSA) is 98.3 Å². The van der Waals surface area contributed by atoms with E-state index in [-0.39, 0.29) is 17.5 Å². The summed E-state index contributed by atoms with van der Waals surface area (Å²) < 4.78 is 13.4. The van der Waals surface area contributed by atoms with Crippen LogP contribution in [0.15, 0.2) is 72.9 Å². The molecule has 1 amide bonds. The Balaban J connectivity index is 1.35. The molecule has 0 saturated heterocycles. The lowest BCUT2D eigenvalue weighted by atomic mass is 10.1. The fraction of sp³-hybridized carbons (Fsp3) is 0.111. The van der Waals surface area contributed by atoms with Gasteiger partial charge in [-0.25, -0.2) is 9.37 Å². The molecule has 0 unspecified atom stereocenters. The van der Waals surface area contributed by atoms with Gasteiger partial charge >= 0.3 is 0 Å². The van der Waals surface area contributed by atoms with Crippen LogP contribution < -0.4 is 21.3 Å². The number of anilines is 5. The van der Waals surface area contributed by atoms with Crippen molar-refractivity contribution in [2.75, 3.05) is 16.0 Å². The molecule has 35 heavy (non-hydrogen) atoms. The van der Waals surface area contributed by atoms with Crippen molar-refractivity contribution in [3.63, 3.8) is 0 Å². The average molecular weight is 470 g/mol. The lowest BCUT2D eigenvalue weighted by Gasteiger charge is -2.14. The summed E-state index contributed by atoms with van der Waals surface area (Å²) in [5, 5.41) is 22.6. The van der Waals surface area contributed by atoms with Gasteiger partial charge in [-0.2, -0.15) is 0 Å². The molecular formula is C27H24FN5O2. The van der Waals surface area contributed by atoms with E-state index in [0.29, 0.717) is 41.5 Å². The zero-order valence-electron chi connectivity index (χ0n) is 19.0. The highest BCUT2D eigenvalue weighted by atomic mass is 19.1. The second kappa shape index (κ2) is 9.44. The zero-order chi connectivity index (χ0) is 24.4. The highest BCUT2D eigenvalue weighted by Gasteiger charge is 2.24. The molecule has 7 nitrogen and oxygen atoms in total. The van der Waals surface area contributed by atoms with Crippen LogP contribution in [0.1, 0.15) is 27.0 Å². The Morgan fingerprint density at radius 2 is 1.74 bits per heavy atom. The van der Waals surface area contributed by atoms with Crippen molar-refractivity contribution in [1.82, 2.24) is 10.3 Å². The number of benzene rings is 3. The standard InChI is InChI=1S/C27H24FN5O2/c1-16-5-7-20(34)13-23(16)31-22-9-10-30-26-25(22)27(35)33-24-12-18(6-8-21(24)32-26)15-29-14-17-3-2-4-19(28)11-17/h2-13,29,34H,14-15H2,1H3,(H,33,35)(H2,30,31,32). The molecular weight excluding hydrogens is 445 g/mol. The number of rotatable bonds is 6. The minimum atomic E-state index is -0.301. The number of hydrogen-bond donors (Lipinski definition) is 5. The number of phenols is 1. The Morgan fingerprint density at radius 1 is 0.914 bits per heavy atom. The van der Waals surface area contributed by atoms with Crippen LogP contribution in [0.25, 0.3) is 0 Å². The maximum atomic E-state index is 13.4. The third-order valence-corrected chi connectivity index (χ3v) is 5.80. The third kappa shape index (κ3) is 4.92. The molecule has 0 spiro atoms. The Hall–Kier alpha value is -4.43. The fourth-order valence-electron chi connectivity index (χ4n) is 4.00. The molecule has 0 radical (unpaired) electrons. The number of halogens is 1. The molecule has 8 heteroatoms. The first kappa shape index (κ1) is 22.4. The summed E-state index contributed by atoms with van der Waals surface area (Å²) in [6, 6.07) is 19.0. The van der Waals surface area contributed by atoms with Gasteiger partial charge in [-0.1, -0.05) is 24.3 Å². The number of carbonyl (C=O) groups excluding carboxylic acids is 1. The SMILES string of the molecule is Cc1ccc(O)cc1Nc1ccnc2c1C(=O)Nc1cc(CNCc3cccc(F)c3)ccc1N2. The van der Waals surface area contributed by atoms with E-state index in [0.717, 1.165) is 22.4 Å². The van der Waals surface area contributed by atoms with Crippen molar-refractivity contribution < 1.29 is 14.3 Å². The molecule has 1 aliphatic rings. The Labute approximate surface area is 202 Å². The summed E-state index contributed by atoms with van der Waals surface area (Å²) in [6.07, 6.45) is 1.62. The summed E-state index contributed by atoms with van der Waals surface area (Å²) in [4.78, 5) is 17.6. The first-order chi connectivity index (χ1) is 17.0. The summed E-state index contributed by atoms with van der Waals surface area (Å²) in [6.45, 7) is 2.99. The average Bonchev–Trinajstić information content (AvgIpc) is 2.97. The van der Waals surface area contributed by atoms with Crippen LogP contribution in [0, 0.1) is 12.7 Å². The summed E-state index contributed by atoms with van der Waals surface area (Å²) >= 11 is 0. The molecule has 0 atom stereocenters. The molecule has 2 heterocycles. The number of aromatic nitrogens is 1. The number of aromatic hydroxyl groups is 1. The van der Waals surface area contributed by atoms with Crippen LogP contribution in [0.3, 0.4) is 0 Å². The fourth-order valence-corrected chi connectivity index (χ4v) is 4.00. The number of nitrogens with zero attached hydrogens (tertiary/aromatic N) is 1. The number of phenolic OH excluding ortho intramolecular Hbond substituents is 1. The van der Waals surface area contributed by atoms with E-state index >= 15 is 0 Å². The van der Waals surface area contributed by atoms with Crippen molar-refractivity contribution in [3.05, 3.63) is 101 Å². The van der Waals surface area contributed by atoms with Gasteiger partial charge in [0.05, 0.1) is 17.1 Å². The minimum Gasteiger partial charge on any atom is -0.508 e. The predicted octanol–water partition coefficient (Wildman–Crippen LogP) is 5.58. The molecule has 3 aromatic carbocycles. The van der Waals surface area contributed by atoms with Gasteiger partial charge in [-0.15, -0.1) is 0 Å². The van der Waals surface area contributed by atoms with E-state index in [1.165, 1.54) is 12.1 Å². The van der Waals surface area contributed by atoms with E-state index in [4.69, 9.17) is 0 Å². The van der Waals surface area contributed by atoms with Gasteiger partial charge in [-0.3, -0.25) is 4.79 Å². The smallest absolute Gasteiger partial charge is 0.261 e. The maximum Gasteiger partial charge on any atom is 0.261 e. The van der Waals surface area contributed by atoms with Crippen LogP contribution in [0.4, 0.5) is 33.0 Å². The number of amides is 1. The van der Waals surface area contributed by atoms with E-state index in [9.17, 15) is 14.3 Å². The zero-order valence-corrected chi connectivity index (χ0v) is 19.0. The van der Waals surface area contributed by atoms with E-state index in [1.54, 1.807) is 36.5 Å². The van der Waals surface area contributed by atoms with Gasteiger partial charge < -0.3 is 26.4 Å². The van der Waals surface area contributed by atoms with Crippen molar-refractivity contribution in [2.45, 2.75) is 20.0 Å². The predicted molar refractivity (Wildman–Crippen MR) is 135 cm³/mol. The van der Waals surface area contributed by atoms with Crippen LogP contribution in [-0.2, 0) is 13.1 Å². The highest BCUT2D eigenvalue weighted by Crippen LogP contribution is 2.36. The number of hydrogen-bond acceptors (Lipinski definition) is 6. The molecule has 176 valence electrons. The molecule has 1 aromatic heterocycles. The highest BCUT2D eigenvalue weighted by molar-refractivity contribution is 6.15. The number of carbonyl (C=O) groups is 1. The third-order valence-electron chi connectivity index (χ3n) is 5.80. The Morgan fingerprint density at radius 3 is 2.57 bits per heavy atom.